The van der Waals surface area contributed by atoms with E-state index in [4.69, 9.17) is 4.74 Å². The van der Waals surface area contributed by atoms with E-state index in [2.05, 4.69) is 10.3 Å². The molecule has 1 aliphatic rings. The van der Waals surface area contributed by atoms with Crippen LogP contribution in [0.3, 0.4) is 0 Å². The summed E-state index contributed by atoms with van der Waals surface area (Å²) in [5.74, 6) is 1.67. The maximum Gasteiger partial charge on any atom is 0.154 e. The van der Waals surface area contributed by atoms with Crippen LogP contribution < -0.4 is 10.1 Å². The van der Waals surface area contributed by atoms with Crippen molar-refractivity contribution in [3.63, 3.8) is 0 Å². The van der Waals surface area contributed by atoms with Gasteiger partial charge < -0.3 is 10.1 Å². The SMILES string of the molecule is Cl.Cl.c1ccc2c(c1)Nc1cnccc1O2. The number of benzene rings is 1. The number of para-hydroxylation sites is 2. The molecule has 0 atom stereocenters. The van der Waals surface area contributed by atoms with Crippen LogP contribution in [0.25, 0.3) is 0 Å². The van der Waals surface area contributed by atoms with Crippen molar-refractivity contribution in [3.05, 3.63) is 42.7 Å². The van der Waals surface area contributed by atoms with Crippen molar-refractivity contribution in [3.8, 4) is 11.5 Å². The number of halogens is 2. The second kappa shape index (κ2) is 5.05. The third-order valence-electron chi connectivity index (χ3n) is 2.16. The summed E-state index contributed by atoms with van der Waals surface area (Å²) in [6, 6.07) is 9.68. The van der Waals surface area contributed by atoms with E-state index in [1.165, 1.54) is 0 Å². The van der Waals surface area contributed by atoms with Gasteiger partial charge in [0.1, 0.15) is 5.69 Å². The van der Waals surface area contributed by atoms with Crippen molar-refractivity contribution in [1.29, 1.82) is 0 Å². The monoisotopic (exact) mass is 256 g/mol. The molecule has 0 unspecified atom stereocenters. The second-order valence-electron chi connectivity index (χ2n) is 3.10. The highest BCUT2D eigenvalue weighted by atomic mass is 35.5. The Balaban J connectivity index is 0.000000640. The van der Waals surface area contributed by atoms with Crippen LogP contribution in [0.1, 0.15) is 0 Å². The summed E-state index contributed by atoms with van der Waals surface area (Å²) in [4.78, 5) is 4.03. The van der Waals surface area contributed by atoms with Crippen LogP contribution in [0.2, 0.25) is 0 Å². The van der Waals surface area contributed by atoms with Crippen LogP contribution >= 0.6 is 24.8 Å². The molecular formula is C11H10Cl2N2O. The lowest BCUT2D eigenvalue weighted by atomic mass is 10.2. The summed E-state index contributed by atoms with van der Waals surface area (Å²) < 4.78 is 5.67. The number of nitrogens with one attached hydrogen (secondary N) is 1. The van der Waals surface area contributed by atoms with Crippen LogP contribution in [-0.4, -0.2) is 4.98 Å². The number of anilines is 2. The maximum absolute atomic E-state index is 5.67. The predicted molar refractivity (Wildman–Crippen MR) is 68.5 cm³/mol. The maximum atomic E-state index is 5.67. The van der Waals surface area contributed by atoms with E-state index in [-0.39, 0.29) is 24.8 Å². The lowest BCUT2D eigenvalue weighted by Crippen LogP contribution is -2.02. The number of aromatic nitrogens is 1. The van der Waals surface area contributed by atoms with E-state index < -0.39 is 0 Å². The zero-order chi connectivity index (χ0) is 9.38. The van der Waals surface area contributed by atoms with Crippen molar-refractivity contribution in [1.82, 2.24) is 4.98 Å². The van der Waals surface area contributed by atoms with Gasteiger partial charge in [0.15, 0.2) is 11.5 Å². The average Bonchev–Trinajstić information content (AvgIpc) is 2.26. The molecule has 84 valence electrons. The van der Waals surface area contributed by atoms with Gasteiger partial charge in [0.05, 0.1) is 11.9 Å². The number of rotatable bonds is 0. The first-order valence-electron chi connectivity index (χ1n) is 4.41. The third kappa shape index (κ3) is 2.05. The first-order valence-corrected chi connectivity index (χ1v) is 4.41. The molecule has 0 aliphatic carbocycles. The minimum absolute atomic E-state index is 0. The number of hydrogen-bond donors (Lipinski definition) is 1. The number of fused-ring (bicyclic) bond motifs is 2. The summed E-state index contributed by atoms with van der Waals surface area (Å²) in [5, 5.41) is 3.25. The van der Waals surface area contributed by atoms with Crippen molar-refractivity contribution in [2.45, 2.75) is 0 Å². The molecule has 0 fully saturated rings. The molecule has 3 nitrogen and oxygen atoms in total. The predicted octanol–water partition coefficient (Wildman–Crippen LogP) is 3.77. The zero-order valence-electron chi connectivity index (χ0n) is 8.21. The molecule has 3 rings (SSSR count). The molecule has 0 spiro atoms. The molecule has 0 saturated carbocycles. The van der Waals surface area contributed by atoms with Crippen molar-refractivity contribution in [2.24, 2.45) is 0 Å². The standard InChI is InChI=1S/C11H8N2O.2ClH/c1-2-4-10-8(3-1)13-9-7-12-6-5-11(9)14-10;;/h1-7,13H;2*1H. The Kier molecular flexibility index (Phi) is 3.99. The third-order valence-corrected chi connectivity index (χ3v) is 2.16. The Morgan fingerprint density at radius 3 is 2.56 bits per heavy atom. The number of pyridine rings is 1. The van der Waals surface area contributed by atoms with Crippen LogP contribution in [-0.2, 0) is 0 Å². The van der Waals surface area contributed by atoms with Gasteiger partial charge in [-0.1, -0.05) is 12.1 Å². The minimum atomic E-state index is 0. The van der Waals surface area contributed by atoms with E-state index in [1.807, 2.05) is 30.3 Å². The fourth-order valence-electron chi connectivity index (χ4n) is 1.49. The molecule has 1 aliphatic heterocycles. The van der Waals surface area contributed by atoms with Crippen molar-refractivity contribution in [2.75, 3.05) is 5.32 Å². The molecule has 1 aromatic carbocycles. The molecule has 0 bridgehead atoms. The highest BCUT2D eigenvalue weighted by Gasteiger charge is 2.14. The lowest BCUT2D eigenvalue weighted by Gasteiger charge is -2.20. The first-order chi connectivity index (χ1) is 6.93. The van der Waals surface area contributed by atoms with Gasteiger partial charge in [0, 0.05) is 12.3 Å². The van der Waals surface area contributed by atoms with Crippen molar-refractivity contribution >= 4 is 36.2 Å². The molecule has 0 amide bonds. The Bertz CT molecular complexity index is 403. The number of hydrogen-bond acceptors (Lipinski definition) is 3. The van der Waals surface area contributed by atoms with Gasteiger partial charge in [-0.25, -0.2) is 0 Å². The van der Waals surface area contributed by atoms with Gasteiger partial charge in [-0.2, -0.15) is 0 Å². The Morgan fingerprint density at radius 1 is 0.938 bits per heavy atom. The lowest BCUT2D eigenvalue weighted by molar-refractivity contribution is 0.480. The Labute approximate surface area is 106 Å². The van der Waals surface area contributed by atoms with Gasteiger partial charge in [-0.3, -0.25) is 4.98 Å². The molecule has 1 aromatic heterocycles. The smallest absolute Gasteiger partial charge is 0.154 e. The quantitative estimate of drug-likeness (QED) is 0.665. The summed E-state index contributed by atoms with van der Waals surface area (Å²) in [5.41, 5.74) is 1.89. The van der Waals surface area contributed by atoms with E-state index in [9.17, 15) is 0 Å². The highest BCUT2D eigenvalue weighted by Crippen LogP contribution is 2.40. The van der Waals surface area contributed by atoms with Crippen LogP contribution in [0.5, 0.6) is 11.5 Å². The molecule has 16 heavy (non-hydrogen) atoms. The van der Waals surface area contributed by atoms with Gasteiger partial charge in [0.25, 0.3) is 0 Å². The van der Waals surface area contributed by atoms with E-state index in [1.54, 1.807) is 12.4 Å². The van der Waals surface area contributed by atoms with Gasteiger partial charge in [0.2, 0.25) is 0 Å². The van der Waals surface area contributed by atoms with Crippen molar-refractivity contribution < 1.29 is 4.74 Å². The van der Waals surface area contributed by atoms with Crippen LogP contribution in [0, 0.1) is 0 Å². The molecule has 2 heterocycles. The summed E-state index contributed by atoms with van der Waals surface area (Å²) >= 11 is 0. The Hall–Kier alpha value is -1.45. The first kappa shape index (κ1) is 12.6. The minimum Gasteiger partial charge on any atom is -0.453 e. The average molecular weight is 257 g/mol. The van der Waals surface area contributed by atoms with Gasteiger partial charge in [-0.15, -0.1) is 24.8 Å². The van der Waals surface area contributed by atoms with Gasteiger partial charge >= 0.3 is 0 Å². The van der Waals surface area contributed by atoms with Crippen LogP contribution in [0.4, 0.5) is 11.4 Å². The van der Waals surface area contributed by atoms with E-state index >= 15 is 0 Å². The largest absolute Gasteiger partial charge is 0.453 e. The topological polar surface area (TPSA) is 34.2 Å². The zero-order valence-corrected chi connectivity index (χ0v) is 9.85. The normalized spacial score (nSPS) is 10.5. The number of ether oxygens (including phenoxy) is 1. The van der Waals surface area contributed by atoms with E-state index in [0.717, 1.165) is 22.9 Å². The summed E-state index contributed by atoms with van der Waals surface area (Å²) in [6.45, 7) is 0. The molecular weight excluding hydrogens is 247 g/mol. The summed E-state index contributed by atoms with van der Waals surface area (Å²) in [6.07, 6.45) is 3.47. The molecule has 5 heteroatoms. The second-order valence-corrected chi connectivity index (χ2v) is 3.10. The fourth-order valence-corrected chi connectivity index (χ4v) is 1.49. The molecule has 0 saturated heterocycles. The summed E-state index contributed by atoms with van der Waals surface area (Å²) in [7, 11) is 0. The number of nitrogens with zero attached hydrogens (tertiary/aromatic N) is 1. The fraction of sp³-hybridized carbons (Fsp3) is 0. The molecule has 0 radical (unpaired) electrons. The van der Waals surface area contributed by atoms with Gasteiger partial charge in [-0.05, 0) is 12.1 Å². The van der Waals surface area contributed by atoms with Crippen LogP contribution in [0.15, 0.2) is 42.7 Å². The molecule has 1 N–H and O–H groups in total. The van der Waals surface area contributed by atoms with E-state index in [0.29, 0.717) is 0 Å². The Morgan fingerprint density at radius 2 is 1.69 bits per heavy atom. The molecule has 2 aromatic rings. The highest BCUT2D eigenvalue weighted by molar-refractivity contribution is 5.85.